The second-order valence-corrected chi connectivity index (χ2v) is 12.7. The van der Waals surface area contributed by atoms with Crippen molar-refractivity contribution < 1.29 is 28.7 Å². The number of ketones is 1. The van der Waals surface area contributed by atoms with Crippen molar-refractivity contribution in [3.05, 3.63) is 64.7 Å². The van der Waals surface area contributed by atoms with Gasteiger partial charge in [0.1, 0.15) is 6.04 Å². The lowest BCUT2D eigenvalue weighted by molar-refractivity contribution is -0.142. The van der Waals surface area contributed by atoms with Crippen molar-refractivity contribution in [2.75, 3.05) is 11.9 Å². The van der Waals surface area contributed by atoms with E-state index in [2.05, 4.69) is 22.7 Å². The summed E-state index contributed by atoms with van der Waals surface area (Å²) in [5.41, 5.74) is 1.20. The summed E-state index contributed by atoms with van der Waals surface area (Å²) in [6.45, 7) is 4.38. The summed E-state index contributed by atoms with van der Waals surface area (Å²) >= 11 is 6.40. The Bertz CT molecular complexity index is 1470. The Kier molecular flexibility index (Phi) is 14.0. The van der Waals surface area contributed by atoms with Gasteiger partial charge in [0.15, 0.2) is 17.9 Å². The van der Waals surface area contributed by atoms with Crippen LogP contribution in [0.2, 0.25) is 5.02 Å². The molecular formula is C36H46ClN5O6. The molecule has 0 aliphatic carbocycles. The predicted octanol–water partition coefficient (Wildman–Crippen LogP) is 6.49. The Morgan fingerprint density at radius 1 is 0.958 bits per heavy atom. The molecule has 1 fully saturated rings. The lowest BCUT2D eigenvalue weighted by Crippen LogP contribution is -2.56. The van der Waals surface area contributed by atoms with Crippen LogP contribution in [0.25, 0.3) is 0 Å². The van der Waals surface area contributed by atoms with Crippen molar-refractivity contribution in [2.45, 2.75) is 109 Å². The summed E-state index contributed by atoms with van der Waals surface area (Å²) in [6.07, 6.45) is 11.4. The number of imide groups is 1. The van der Waals surface area contributed by atoms with Gasteiger partial charge in [0.2, 0.25) is 0 Å². The third kappa shape index (κ3) is 9.88. The number of rotatable bonds is 19. The van der Waals surface area contributed by atoms with Gasteiger partial charge in [0.05, 0.1) is 17.3 Å². The number of hydrogen-bond acceptors (Lipinski definition) is 8. The Hall–Kier alpha value is -4.25. The number of hydrazone groups is 1. The average Bonchev–Trinajstić information content (AvgIpc) is 3.64. The average molecular weight is 680 g/mol. The molecule has 0 radical (unpaired) electrons. The maximum atomic E-state index is 14.0. The van der Waals surface area contributed by atoms with Crippen molar-refractivity contribution in [1.82, 2.24) is 15.2 Å². The van der Waals surface area contributed by atoms with Gasteiger partial charge in [-0.25, -0.2) is 9.69 Å². The monoisotopic (exact) mass is 679 g/mol. The minimum atomic E-state index is -1.86. The fourth-order valence-corrected chi connectivity index (χ4v) is 6.02. The van der Waals surface area contributed by atoms with Crippen LogP contribution < -0.4 is 10.6 Å². The van der Waals surface area contributed by atoms with Crippen LogP contribution in [0.15, 0.2) is 53.6 Å². The number of cyclic esters (lactones) is 1. The third-order valence-electron chi connectivity index (χ3n) is 8.57. The Morgan fingerprint density at radius 2 is 1.62 bits per heavy atom. The van der Waals surface area contributed by atoms with Gasteiger partial charge >= 0.3 is 6.09 Å². The maximum absolute atomic E-state index is 14.0. The number of nitrogens with one attached hydrogen (secondary N) is 2. The number of benzene rings is 2. The third-order valence-corrected chi connectivity index (χ3v) is 8.90. The fraction of sp³-hybridized carbons (Fsp3) is 0.500. The van der Waals surface area contributed by atoms with E-state index in [1.54, 1.807) is 6.21 Å². The predicted molar refractivity (Wildman–Crippen MR) is 185 cm³/mol. The highest BCUT2D eigenvalue weighted by Gasteiger charge is 2.50. The zero-order valence-corrected chi connectivity index (χ0v) is 28.5. The van der Waals surface area contributed by atoms with Crippen molar-refractivity contribution in [3.8, 4) is 0 Å². The molecule has 2 aliphatic heterocycles. The molecule has 0 aromatic heterocycles. The molecular weight excluding hydrogens is 634 g/mol. The van der Waals surface area contributed by atoms with Gasteiger partial charge in [-0.1, -0.05) is 107 Å². The highest BCUT2D eigenvalue weighted by atomic mass is 35.5. The van der Waals surface area contributed by atoms with Crippen molar-refractivity contribution in [2.24, 2.45) is 5.10 Å². The number of Topliss-reactive ketones (excluding diaryl/α,β-unsaturated/α-hetero) is 1. The van der Waals surface area contributed by atoms with E-state index < -0.39 is 41.9 Å². The molecule has 4 rings (SSSR count). The molecule has 0 saturated carbocycles. The largest absolute Gasteiger partial charge is 0.436 e. The van der Waals surface area contributed by atoms with Crippen LogP contribution in [0, 0.1) is 0 Å². The van der Waals surface area contributed by atoms with Gasteiger partial charge in [-0.05, 0) is 37.1 Å². The van der Waals surface area contributed by atoms with Gasteiger partial charge in [0, 0.05) is 24.7 Å². The van der Waals surface area contributed by atoms with E-state index in [0.29, 0.717) is 11.4 Å². The number of ether oxygens (including phenoxy) is 1. The normalized spacial score (nSPS) is 17.8. The molecule has 258 valence electrons. The van der Waals surface area contributed by atoms with E-state index >= 15 is 0 Å². The van der Waals surface area contributed by atoms with Crippen LogP contribution in [0.3, 0.4) is 0 Å². The molecule has 2 aliphatic rings. The number of unbranched alkanes of at least 4 members (excludes halogenated alkanes) is 9. The number of amides is 4. The van der Waals surface area contributed by atoms with Crippen LogP contribution in [-0.4, -0.2) is 70.5 Å². The van der Waals surface area contributed by atoms with E-state index in [0.717, 1.165) is 24.8 Å². The molecule has 2 aromatic rings. The van der Waals surface area contributed by atoms with Crippen molar-refractivity contribution >= 4 is 53.1 Å². The molecule has 3 atom stereocenters. The summed E-state index contributed by atoms with van der Waals surface area (Å²) < 4.78 is 5.05. The Labute approximate surface area is 287 Å². The van der Waals surface area contributed by atoms with E-state index in [4.69, 9.17) is 16.3 Å². The minimum absolute atomic E-state index is 0.0583. The highest BCUT2D eigenvalue weighted by Crippen LogP contribution is 2.27. The van der Waals surface area contributed by atoms with Crippen LogP contribution in [-0.2, 0) is 25.7 Å². The molecule has 3 unspecified atom stereocenters. The molecule has 48 heavy (non-hydrogen) atoms. The first kappa shape index (κ1) is 36.6. The molecule has 2 N–H and O–H groups in total. The molecule has 12 heteroatoms. The molecule has 1 saturated heterocycles. The van der Waals surface area contributed by atoms with Gasteiger partial charge in [-0.15, -0.1) is 0 Å². The first-order valence-corrected chi connectivity index (χ1v) is 17.4. The van der Waals surface area contributed by atoms with Crippen LogP contribution >= 0.6 is 11.6 Å². The summed E-state index contributed by atoms with van der Waals surface area (Å²) in [6, 6.07) is 11.0. The summed E-state index contributed by atoms with van der Waals surface area (Å²) in [4.78, 5) is 67.1. The number of nitrogens with zero attached hydrogens (tertiary/aromatic N) is 3. The zero-order chi connectivity index (χ0) is 34.5. The van der Waals surface area contributed by atoms with E-state index in [1.807, 2.05) is 30.3 Å². The number of carbonyl (C=O) groups excluding carboxylic acids is 5. The first-order chi connectivity index (χ1) is 23.2. The lowest BCUT2D eigenvalue weighted by atomic mass is 9.99. The molecule has 0 bridgehead atoms. The van der Waals surface area contributed by atoms with Gasteiger partial charge in [-0.2, -0.15) is 5.10 Å². The molecule has 4 amide bonds. The minimum Gasteiger partial charge on any atom is -0.436 e. The van der Waals surface area contributed by atoms with Crippen LogP contribution in [0.1, 0.15) is 100 Å². The van der Waals surface area contributed by atoms with Crippen LogP contribution in [0.5, 0.6) is 0 Å². The van der Waals surface area contributed by atoms with Gasteiger partial charge in [0.25, 0.3) is 17.7 Å². The van der Waals surface area contributed by atoms with E-state index in [1.165, 1.54) is 75.1 Å². The number of carbonyl (C=O) groups is 5. The second kappa shape index (κ2) is 18.3. The van der Waals surface area contributed by atoms with Gasteiger partial charge in [-0.3, -0.25) is 24.2 Å². The van der Waals surface area contributed by atoms with Crippen molar-refractivity contribution in [3.63, 3.8) is 0 Å². The van der Waals surface area contributed by atoms with Gasteiger partial charge < -0.3 is 15.4 Å². The summed E-state index contributed by atoms with van der Waals surface area (Å²) in [7, 11) is 0. The quantitative estimate of drug-likeness (QED) is 0.128. The highest BCUT2D eigenvalue weighted by molar-refractivity contribution is 6.34. The number of halogens is 1. The molecule has 2 heterocycles. The summed E-state index contributed by atoms with van der Waals surface area (Å²) in [5.74, 6) is -2.82. The smallest absolute Gasteiger partial charge is 0.418 e. The number of anilines is 1. The Morgan fingerprint density at radius 3 is 2.27 bits per heavy atom. The van der Waals surface area contributed by atoms with Crippen molar-refractivity contribution in [1.29, 1.82) is 0 Å². The lowest BCUT2D eigenvalue weighted by Gasteiger charge is -2.29. The van der Waals surface area contributed by atoms with E-state index in [9.17, 15) is 24.0 Å². The zero-order valence-electron chi connectivity index (χ0n) is 27.8. The van der Waals surface area contributed by atoms with E-state index in [-0.39, 0.29) is 35.1 Å². The van der Waals surface area contributed by atoms with Crippen LogP contribution in [0.4, 0.5) is 10.5 Å². The SMILES string of the molecule is CCCCCCCCCCCCNC(=O)c1ccc(Cl)c(NC(=O)C(C(=O)C2CC=NN2Cc2ccccc2)N2C(=O)OC(C)C2=O)c1. The molecule has 0 spiro atoms. The molecule has 2 aromatic carbocycles. The standard InChI is InChI=1S/C36H46ClN5O6/c1-3-4-5-6-7-8-9-10-11-15-21-38-33(44)27-18-19-28(37)29(23-27)40-34(45)31(42-35(46)25(2)48-36(42)47)32(43)30-20-22-39-41(30)24-26-16-13-12-14-17-26/h12-14,16-19,22-23,25,30-31H,3-11,15,20-21,24H2,1-2H3,(H,38,44)(H,40,45). The Balaban J connectivity index is 1.39. The summed E-state index contributed by atoms with van der Waals surface area (Å²) in [5, 5.41) is 11.4. The first-order valence-electron chi connectivity index (χ1n) is 17.0. The number of hydrogen-bond donors (Lipinski definition) is 2. The fourth-order valence-electron chi connectivity index (χ4n) is 5.85. The topological polar surface area (TPSA) is 137 Å². The molecule has 11 nitrogen and oxygen atoms in total. The maximum Gasteiger partial charge on any atom is 0.418 e. The second-order valence-electron chi connectivity index (χ2n) is 12.3.